The van der Waals surface area contributed by atoms with Crippen LogP contribution in [0.3, 0.4) is 0 Å². The summed E-state index contributed by atoms with van der Waals surface area (Å²) in [5.41, 5.74) is 3.01. The minimum Gasteiger partial charge on any atom is -0.486 e. The Labute approximate surface area is 254 Å². The number of ether oxygens (including phenoxy) is 2. The van der Waals surface area contributed by atoms with E-state index in [0.717, 1.165) is 27.4 Å². The molecule has 1 heterocycles. The van der Waals surface area contributed by atoms with E-state index >= 15 is 0 Å². The summed E-state index contributed by atoms with van der Waals surface area (Å²) in [6.45, 7) is 7.78. The van der Waals surface area contributed by atoms with Crippen molar-refractivity contribution in [3.05, 3.63) is 89.5 Å². The van der Waals surface area contributed by atoms with Crippen molar-refractivity contribution < 1.29 is 27.5 Å². The third-order valence-corrected chi connectivity index (χ3v) is 9.41. The Morgan fingerprint density at radius 2 is 1.60 bits per heavy atom. The second kappa shape index (κ2) is 14.4. The minimum atomic E-state index is -3.89. The number of benzene rings is 3. The predicted octanol–water partition coefficient (Wildman–Crippen LogP) is 4.48. The SMILES string of the molecule is CC[C@@H](C)NC(=O)[C@H](Cc1ccccc1)N(Cc1ccccc1C)C(=O)CN(c1ccc2c(c1)OCCO2)S(=O)(=O)CC. The van der Waals surface area contributed by atoms with E-state index < -0.39 is 28.5 Å². The number of hydrogen-bond donors (Lipinski definition) is 1. The van der Waals surface area contributed by atoms with Crippen LogP contribution in [0.1, 0.15) is 43.9 Å². The molecule has 0 fully saturated rings. The molecule has 0 radical (unpaired) electrons. The third-order valence-electron chi connectivity index (χ3n) is 7.67. The van der Waals surface area contributed by atoms with Crippen LogP contribution in [-0.4, -0.2) is 62.7 Å². The van der Waals surface area contributed by atoms with Crippen LogP contribution in [0.4, 0.5) is 5.69 Å². The lowest BCUT2D eigenvalue weighted by Crippen LogP contribution is -2.54. The van der Waals surface area contributed by atoms with Gasteiger partial charge in [-0.05, 0) is 56.0 Å². The summed E-state index contributed by atoms with van der Waals surface area (Å²) >= 11 is 0. The van der Waals surface area contributed by atoms with Crippen molar-refractivity contribution in [1.29, 1.82) is 0 Å². The van der Waals surface area contributed by atoms with Crippen LogP contribution < -0.4 is 19.1 Å². The van der Waals surface area contributed by atoms with E-state index in [1.807, 2.05) is 75.4 Å². The molecule has 0 aromatic heterocycles. The Bertz CT molecular complexity index is 1510. The van der Waals surface area contributed by atoms with Gasteiger partial charge in [0.1, 0.15) is 25.8 Å². The molecule has 10 heteroatoms. The fourth-order valence-corrected chi connectivity index (χ4v) is 5.93. The zero-order valence-corrected chi connectivity index (χ0v) is 26.1. The Morgan fingerprint density at radius 1 is 0.930 bits per heavy atom. The van der Waals surface area contributed by atoms with E-state index in [0.29, 0.717) is 30.4 Å². The molecule has 0 aliphatic carbocycles. The van der Waals surface area contributed by atoms with Crippen LogP contribution in [0, 0.1) is 6.92 Å². The second-order valence-corrected chi connectivity index (χ2v) is 12.9. The normalized spacial score (nSPS) is 14.0. The quantitative estimate of drug-likeness (QED) is 0.307. The van der Waals surface area contributed by atoms with Crippen LogP contribution in [0.5, 0.6) is 11.5 Å². The summed E-state index contributed by atoms with van der Waals surface area (Å²) in [6.07, 6.45) is 0.994. The number of sulfonamides is 1. The van der Waals surface area contributed by atoms with E-state index in [1.54, 1.807) is 18.2 Å². The molecule has 0 saturated heterocycles. The number of aryl methyl sites for hydroxylation is 1. The fraction of sp³-hybridized carbons (Fsp3) is 0.394. The van der Waals surface area contributed by atoms with Gasteiger partial charge in [-0.15, -0.1) is 0 Å². The number of rotatable bonds is 13. The highest BCUT2D eigenvalue weighted by atomic mass is 32.2. The molecule has 1 N–H and O–H groups in total. The van der Waals surface area contributed by atoms with Crippen LogP contribution in [0.25, 0.3) is 0 Å². The summed E-state index contributed by atoms with van der Waals surface area (Å²) in [6, 6.07) is 21.1. The van der Waals surface area contributed by atoms with Crippen LogP contribution in [0.2, 0.25) is 0 Å². The van der Waals surface area contributed by atoms with Gasteiger partial charge in [0.25, 0.3) is 0 Å². The van der Waals surface area contributed by atoms with Crippen molar-refractivity contribution in [3.8, 4) is 11.5 Å². The summed E-state index contributed by atoms with van der Waals surface area (Å²) in [4.78, 5) is 29.7. The topological polar surface area (TPSA) is 105 Å². The molecule has 43 heavy (non-hydrogen) atoms. The average molecular weight is 608 g/mol. The Morgan fingerprint density at radius 3 is 2.28 bits per heavy atom. The Kier molecular flexibility index (Phi) is 10.7. The van der Waals surface area contributed by atoms with E-state index in [4.69, 9.17) is 9.47 Å². The van der Waals surface area contributed by atoms with Gasteiger partial charge in [0, 0.05) is 25.1 Å². The lowest BCUT2D eigenvalue weighted by molar-refractivity contribution is -0.140. The molecule has 3 aromatic carbocycles. The molecular weight excluding hydrogens is 566 g/mol. The van der Waals surface area contributed by atoms with Gasteiger partial charge in [-0.2, -0.15) is 0 Å². The molecule has 0 saturated carbocycles. The highest BCUT2D eigenvalue weighted by Crippen LogP contribution is 2.35. The van der Waals surface area contributed by atoms with Gasteiger partial charge in [0.15, 0.2) is 11.5 Å². The standard InChI is InChI=1S/C33H41N3O6S/c1-5-25(4)34-33(38)29(20-26-13-8-7-9-14-26)35(22-27-15-11-10-12-24(27)3)32(37)23-36(43(39,40)6-2)28-16-17-30-31(21-28)42-19-18-41-30/h7-17,21,25,29H,5-6,18-20,22-23H2,1-4H3,(H,34,38)/t25-,29+/m1/s1. The maximum absolute atomic E-state index is 14.4. The number of carbonyl (C=O) groups is 2. The van der Waals surface area contributed by atoms with Crippen molar-refractivity contribution in [2.75, 3.05) is 29.8 Å². The van der Waals surface area contributed by atoms with E-state index in [-0.39, 0.29) is 30.7 Å². The molecule has 4 rings (SSSR count). The zero-order chi connectivity index (χ0) is 31.0. The molecule has 230 valence electrons. The number of carbonyl (C=O) groups excluding carboxylic acids is 2. The van der Waals surface area contributed by atoms with Gasteiger partial charge in [0.05, 0.1) is 11.4 Å². The molecule has 3 aromatic rings. The number of nitrogens with one attached hydrogen (secondary N) is 1. The fourth-order valence-electron chi connectivity index (χ4n) is 4.87. The van der Waals surface area contributed by atoms with Crippen molar-refractivity contribution in [1.82, 2.24) is 10.2 Å². The Balaban J connectivity index is 1.76. The van der Waals surface area contributed by atoms with Crippen molar-refractivity contribution in [2.45, 2.75) is 59.2 Å². The van der Waals surface area contributed by atoms with Gasteiger partial charge < -0.3 is 19.7 Å². The first kappa shape index (κ1) is 31.9. The summed E-state index contributed by atoms with van der Waals surface area (Å²) in [5.74, 6) is -0.0611. The first-order chi connectivity index (χ1) is 20.6. The molecule has 2 amide bonds. The number of nitrogens with zero attached hydrogens (tertiary/aromatic N) is 2. The average Bonchev–Trinajstić information content (AvgIpc) is 3.02. The van der Waals surface area contributed by atoms with E-state index in [2.05, 4.69) is 5.32 Å². The molecule has 1 aliphatic rings. The summed E-state index contributed by atoms with van der Waals surface area (Å²) in [5, 5.41) is 3.05. The first-order valence-electron chi connectivity index (χ1n) is 14.7. The molecule has 0 unspecified atom stereocenters. The van der Waals surface area contributed by atoms with Gasteiger partial charge in [-0.1, -0.05) is 61.5 Å². The lowest BCUT2D eigenvalue weighted by atomic mass is 10.0. The molecule has 0 bridgehead atoms. The Hall–Kier alpha value is -4.05. The van der Waals surface area contributed by atoms with Crippen LogP contribution >= 0.6 is 0 Å². The molecule has 9 nitrogen and oxygen atoms in total. The number of hydrogen-bond acceptors (Lipinski definition) is 6. The summed E-state index contributed by atoms with van der Waals surface area (Å²) in [7, 11) is -3.89. The van der Waals surface area contributed by atoms with Crippen molar-refractivity contribution in [2.24, 2.45) is 0 Å². The zero-order valence-electron chi connectivity index (χ0n) is 25.3. The highest BCUT2D eigenvalue weighted by Gasteiger charge is 2.34. The van der Waals surface area contributed by atoms with Crippen molar-refractivity contribution >= 4 is 27.5 Å². The van der Waals surface area contributed by atoms with Crippen LogP contribution in [0.15, 0.2) is 72.8 Å². The highest BCUT2D eigenvalue weighted by molar-refractivity contribution is 7.92. The lowest BCUT2D eigenvalue weighted by Gasteiger charge is -2.34. The van der Waals surface area contributed by atoms with Crippen LogP contribution in [-0.2, 0) is 32.6 Å². The number of fused-ring (bicyclic) bond motifs is 1. The molecule has 2 atom stereocenters. The monoisotopic (exact) mass is 607 g/mol. The number of amides is 2. The maximum atomic E-state index is 14.4. The summed E-state index contributed by atoms with van der Waals surface area (Å²) < 4.78 is 39.2. The molecule has 0 spiro atoms. The predicted molar refractivity (Wildman–Crippen MR) is 168 cm³/mol. The largest absolute Gasteiger partial charge is 0.486 e. The minimum absolute atomic E-state index is 0.101. The molecule has 1 aliphatic heterocycles. The van der Waals surface area contributed by atoms with E-state index in [9.17, 15) is 18.0 Å². The van der Waals surface area contributed by atoms with E-state index in [1.165, 1.54) is 11.8 Å². The first-order valence-corrected chi connectivity index (χ1v) is 16.3. The second-order valence-electron chi connectivity index (χ2n) is 10.7. The molecular formula is C33H41N3O6S. The third kappa shape index (κ3) is 8.07. The van der Waals surface area contributed by atoms with Gasteiger partial charge in [-0.25, -0.2) is 8.42 Å². The number of anilines is 1. The van der Waals surface area contributed by atoms with Gasteiger partial charge in [-0.3, -0.25) is 13.9 Å². The van der Waals surface area contributed by atoms with Gasteiger partial charge >= 0.3 is 0 Å². The van der Waals surface area contributed by atoms with Crippen molar-refractivity contribution in [3.63, 3.8) is 0 Å². The van der Waals surface area contributed by atoms with Gasteiger partial charge in [0.2, 0.25) is 21.8 Å². The smallest absolute Gasteiger partial charge is 0.244 e. The maximum Gasteiger partial charge on any atom is 0.244 e.